The van der Waals surface area contributed by atoms with Crippen LogP contribution in [0.3, 0.4) is 0 Å². The van der Waals surface area contributed by atoms with Crippen molar-refractivity contribution in [3.63, 3.8) is 0 Å². The third-order valence-electron chi connectivity index (χ3n) is 5.99. The maximum absolute atomic E-state index is 12.4. The predicted octanol–water partition coefficient (Wildman–Crippen LogP) is 2.55. The summed E-state index contributed by atoms with van der Waals surface area (Å²) < 4.78 is 15.9. The predicted molar refractivity (Wildman–Crippen MR) is 104 cm³/mol. The average Bonchev–Trinajstić information content (AvgIpc) is 2.99. The smallest absolute Gasteiger partial charge is 0.223 e. The number of hydrogen-bond acceptors (Lipinski definition) is 5. The van der Waals surface area contributed by atoms with E-state index in [9.17, 15) is 4.79 Å². The molecule has 0 radical (unpaired) electrons. The molecule has 1 aromatic rings. The van der Waals surface area contributed by atoms with Gasteiger partial charge >= 0.3 is 0 Å². The zero-order valence-electron chi connectivity index (χ0n) is 16.8. The van der Waals surface area contributed by atoms with Crippen molar-refractivity contribution >= 4 is 5.91 Å². The number of likely N-dealkylation sites (tertiary alicyclic amines) is 2. The molecule has 1 amide bonds. The van der Waals surface area contributed by atoms with Crippen molar-refractivity contribution in [3.8, 4) is 11.5 Å². The van der Waals surface area contributed by atoms with E-state index in [1.54, 1.807) is 21.3 Å². The second-order valence-electron chi connectivity index (χ2n) is 7.79. The quantitative estimate of drug-likeness (QED) is 0.653. The lowest BCUT2D eigenvalue weighted by molar-refractivity contribution is -0.128. The van der Waals surface area contributed by atoms with Gasteiger partial charge in [-0.15, -0.1) is 0 Å². The topological polar surface area (TPSA) is 51.2 Å². The zero-order valence-corrected chi connectivity index (χ0v) is 16.8. The lowest BCUT2D eigenvalue weighted by atomic mass is 9.77. The first-order valence-electron chi connectivity index (χ1n) is 9.79. The maximum atomic E-state index is 12.4. The second-order valence-corrected chi connectivity index (χ2v) is 7.79. The normalized spacial score (nSPS) is 19.7. The molecule has 2 saturated heterocycles. The van der Waals surface area contributed by atoms with E-state index in [4.69, 9.17) is 14.2 Å². The van der Waals surface area contributed by atoms with Gasteiger partial charge in [-0.3, -0.25) is 9.69 Å². The fourth-order valence-electron chi connectivity index (χ4n) is 4.33. The standard InChI is InChI=1S/C21H32N2O4/c1-25-12-4-9-23-16-21(14-20(23)24)7-10-22(11-8-21)15-17-5-6-18(26-2)13-19(17)27-3/h5-6,13H,4,7-12,14-16H2,1-3H3. The van der Waals surface area contributed by atoms with E-state index in [0.29, 0.717) is 18.9 Å². The summed E-state index contributed by atoms with van der Waals surface area (Å²) >= 11 is 0. The molecular weight excluding hydrogens is 344 g/mol. The van der Waals surface area contributed by atoms with E-state index in [1.165, 1.54) is 5.56 Å². The van der Waals surface area contributed by atoms with E-state index in [1.807, 2.05) is 17.0 Å². The lowest BCUT2D eigenvalue weighted by Gasteiger charge is -2.39. The minimum absolute atomic E-state index is 0.171. The Morgan fingerprint density at radius 2 is 1.89 bits per heavy atom. The highest BCUT2D eigenvalue weighted by Crippen LogP contribution is 2.41. The largest absolute Gasteiger partial charge is 0.497 e. The van der Waals surface area contributed by atoms with Gasteiger partial charge in [0.1, 0.15) is 11.5 Å². The molecule has 2 aliphatic heterocycles. The van der Waals surface area contributed by atoms with E-state index in [-0.39, 0.29) is 5.41 Å². The van der Waals surface area contributed by atoms with Gasteiger partial charge in [-0.05, 0) is 43.8 Å². The summed E-state index contributed by atoms with van der Waals surface area (Å²) in [5.74, 6) is 2.00. The van der Waals surface area contributed by atoms with Crippen LogP contribution in [0.2, 0.25) is 0 Å². The Kier molecular flexibility index (Phi) is 6.60. The number of amides is 1. The van der Waals surface area contributed by atoms with Gasteiger partial charge in [0.05, 0.1) is 14.2 Å². The minimum Gasteiger partial charge on any atom is -0.497 e. The van der Waals surface area contributed by atoms with Crippen LogP contribution < -0.4 is 9.47 Å². The Morgan fingerprint density at radius 1 is 1.11 bits per heavy atom. The van der Waals surface area contributed by atoms with Gasteiger partial charge in [-0.25, -0.2) is 0 Å². The molecule has 27 heavy (non-hydrogen) atoms. The number of nitrogens with zero attached hydrogens (tertiary/aromatic N) is 2. The summed E-state index contributed by atoms with van der Waals surface area (Å²) in [6.45, 7) is 5.36. The Hall–Kier alpha value is -1.79. The number of piperidine rings is 1. The molecule has 0 saturated carbocycles. The Morgan fingerprint density at radius 3 is 2.56 bits per heavy atom. The first-order chi connectivity index (χ1) is 13.1. The first kappa shape index (κ1) is 20.0. The first-order valence-corrected chi connectivity index (χ1v) is 9.79. The van der Waals surface area contributed by atoms with Crippen molar-refractivity contribution in [2.24, 2.45) is 5.41 Å². The molecule has 3 rings (SSSR count). The minimum atomic E-state index is 0.171. The molecule has 1 aromatic carbocycles. The molecule has 0 bridgehead atoms. The number of rotatable bonds is 8. The molecule has 6 nitrogen and oxygen atoms in total. The van der Waals surface area contributed by atoms with Gasteiger partial charge in [0.25, 0.3) is 0 Å². The molecule has 0 unspecified atom stereocenters. The van der Waals surface area contributed by atoms with Gasteiger partial charge in [-0.2, -0.15) is 0 Å². The van der Waals surface area contributed by atoms with E-state index in [0.717, 1.165) is 63.5 Å². The van der Waals surface area contributed by atoms with Crippen LogP contribution in [0.1, 0.15) is 31.2 Å². The number of hydrogen-bond donors (Lipinski definition) is 0. The Labute approximate surface area is 162 Å². The number of benzene rings is 1. The molecule has 2 heterocycles. The summed E-state index contributed by atoms with van der Waals surface area (Å²) in [5.41, 5.74) is 1.35. The molecule has 0 atom stereocenters. The van der Waals surface area contributed by atoms with E-state index < -0.39 is 0 Å². The summed E-state index contributed by atoms with van der Waals surface area (Å²) in [5, 5.41) is 0. The van der Waals surface area contributed by atoms with Gasteiger partial charge < -0.3 is 19.1 Å². The molecule has 0 aliphatic carbocycles. The molecule has 150 valence electrons. The third-order valence-corrected chi connectivity index (χ3v) is 5.99. The van der Waals surface area contributed by atoms with Gasteiger partial charge in [0.15, 0.2) is 0 Å². The van der Waals surface area contributed by atoms with Crippen molar-refractivity contribution in [2.45, 2.75) is 32.2 Å². The van der Waals surface area contributed by atoms with Gasteiger partial charge in [0, 0.05) is 51.4 Å². The summed E-state index contributed by atoms with van der Waals surface area (Å²) in [6.07, 6.45) is 3.79. The van der Waals surface area contributed by atoms with Crippen molar-refractivity contribution in [1.29, 1.82) is 0 Å². The van der Waals surface area contributed by atoms with Crippen LogP contribution in [0, 0.1) is 5.41 Å². The molecule has 2 aliphatic rings. The molecular formula is C21H32N2O4. The number of carbonyl (C=O) groups excluding carboxylic acids is 1. The highest BCUT2D eigenvalue weighted by Gasteiger charge is 2.44. The highest BCUT2D eigenvalue weighted by atomic mass is 16.5. The molecule has 0 aromatic heterocycles. The van der Waals surface area contributed by atoms with Crippen LogP contribution in [0.4, 0.5) is 0 Å². The van der Waals surface area contributed by atoms with Crippen LogP contribution in [0.5, 0.6) is 11.5 Å². The monoisotopic (exact) mass is 376 g/mol. The van der Waals surface area contributed by atoms with Crippen LogP contribution in [-0.4, -0.2) is 69.8 Å². The fourth-order valence-corrected chi connectivity index (χ4v) is 4.33. The van der Waals surface area contributed by atoms with E-state index >= 15 is 0 Å². The maximum Gasteiger partial charge on any atom is 0.223 e. The molecule has 0 N–H and O–H groups in total. The Balaban J connectivity index is 1.54. The lowest BCUT2D eigenvalue weighted by Crippen LogP contribution is -2.41. The fraction of sp³-hybridized carbons (Fsp3) is 0.667. The van der Waals surface area contributed by atoms with Crippen molar-refractivity contribution in [3.05, 3.63) is 23.8 Å². The van der Waals surface area contributed by atoms with Crippen molar-refractivity contribution in [2.75, 3.05) is 54.1 Å². The van der Waals surface area contributed by atoms with Crippen molar-refractivity contribution in [1.82, 2.24) is 9.80 Å². The zero-order chi connectivity index (χ0) is 19.3. The third kappa shape index (κ3) is 4.74. The summed E-state index contributed by atoms with van der Waals surface area (Å²) in [4.78, 5) is 16.9. The van der Waals surface area contributed by atoms with Crippen LogP contribution >= 0.6 is 0 Å². The molecule has 1 spiro atoms. The number of carbonyl (C=O) groups is 1. The van der Waals surface area contributed by atoms with Crippen LogP contribution in [-0.2, 0) is 16.1 Å². The van der Waals surface area contributed by atoms with Crippen LogP contribution in [0.25, 0.3) is 0 Å². The average molecular weight is 376 g/mol. The van der Waals surface area contributed by atoms with E-state index in [2.05, 4.69) is 11.0 Å². The second kappa shape index (κ2) is 8.93. The summed E-state index contributed by atoms with van der Waals surface area (Å²) in [7, 11) is 5.08. The van der Waals surface area contributed by atoms with Gasteiger partial charge in [-0.1, -0.05) is 6.07 Å². The number of ether oxygens (including phenoxy) is 3. The highest BCUT2D eigenvalue weighted by molar-refractivity contribution is 5.79. The van der Waals surface area contributed by atoms with Gasteiger partial charge in [0.2, 0.25) is 5.91 Å². The van der Waals surface area contributed by atoms with Crippen LogP contribution in [0.15, 0.2) is 18.2 Å². The Bertz CT molecular complexity index is 641. The molecule has 6 heteroatoms. The summed E-state index contributed by atoms with van der Waals surface area (Å²) in [6, 6.07) is 6.00. The van der Waals surface area contributed by atoms with Crippen molar-refractivity contribution < 1.29 is 19.0 Å². The SMILES string of the molecule is COCCCN1CC2(CCN(Cc3ccc(OC)cc3OC)CC2)CC1=O. The molecule has 2 fully saturated rings. The number of methoxy groups -OCH3 is 3.